The van der Waals surface area contributed by atoms with Crippen molar-refractivity contribution in [3.05, 3.63) is 72.8 Å². The number of carbonyl (C=O) groups is 1. The number of nitrogens with one attached hydrogen (secondary N) is 1. The van der Waals surface area contributed by atoms with E-state index in [4.69, 9.17) is 4.74 Å². The van der Waals surface area contributed by atoms with Crippen molar-refractivity contribution >= 4 is 39.1 Å². The van der Waals surface area contributed by atoms with E-state index in [0.29, 0.717) is 24.7 Å². The summed E-state index contributed by atoms with van der Waals surface area (Å²) in [5.74, 6) is 0.418. The van der Waals surface area contributed by atoms with Gasteiger partial charge in [0.15, 0.2) is 0 Å². The van der Waals surface area contributed by atoms with Crippen LogP contribution < -0.4 is 15.0 Å². The Morgan fingerprint density at radius 1 is 0.903 bits per heavy atom. The zero-order valence-electron chi connectivity index (χ0n) is 17.4. The quantitative estimate of drug-likeness (QED) is 0.528. The van der Waals surface area contributed by atoms with Crippen molar-refractivity contribution in [2.24, 2.45) is 0 Å². The number of methoxy groups -OCH3 is 1. The third kappa shape index (κ3) is 3.72. The molecule has 2 amide bonds. The lowest BCUT2D eigenvalue weighted by atomic mass is 10.1. The minimum Gasteiger partial charge on any atom is -0.479 e. The summed E-state index contributed by atoms with van der Waals surface area (Å²) in [6.45, 7) is 2.87. The molecule has 2 heterocycles. The average molecular weight is 412 g/mol. The predicted molar refractivity (Wildman–Crippen MR) is 125 cm³/mol. The van der Waals surface area contributed by atoms with E-state index in [9.17, 15) is 4.79 Å². The molecule has 0 bridgehead atoms. The molecular formula is C25H24N4O2. The second-order valence-corrected chi connectivity index (χ2v) is 7.64. The Morgan fingerprint density at radius 3 is 2.42 bits per heavy atom. The monoisotopic (exact) mass is 412 g/mol. The fraction of sp³-hybridized carbons (Fsp3) is 0.200. The van der Waals surface area contributed by atoms with Crippen molar-refractivity contribution in [3.8, 4) is 5.88 Å². The maximum Gasteiger partial charge on any atom is 0.322 e. The first-order valence-electron chi connectivity index (χ1n) is 10.5. The largest absolute Gasteiger partial charge is 0.479 e. The number of amides is 2. The smallest absolute Gasteiger partial charge is 0.322 e. The van der Waals surface area contributed by atoms with Crippen LogP contribution in [0.5, 0.6) is 5.88 Å². The number of hydrogen-bond acceptors (Lipinski definition) is 4. The third-order valence-corrected chi connectivity index (χ3v) is 5.80. The standard InChI is InChI=1S/C25H24N4O2/c1-31-24-22(17-19-8-3-5-11-21(19)26-24)27-25(30)29-15-13-28(14-16-29)23-12-6-9-18-7-2-4-10-20(18)23/h2-12,17H,13-16H2,1H3,(H,27,30). The number of anilines is 2. The molecule has 156 valence electrons. The van der Waals surface area contributed by atoms with Crippen molar-refractivity contribution in [1.29, 1.82) is 0 Å². The Morgan fingerprint density at radius 2 is 1.61 bits per heavy atom. The molecule has 0 unspecified atom stereocenters. The van der Waals surface area contributed by atoms with Gasteiger partial charge in [0.1, 0.15) is 5.69 Å². The Labute approximate surface area is 181 Å². The fourth-order valence-electron chi connectivity index (χ4n) is 4.17. The molecule has 3 aromatic carbocycles. The van der Waals surface area contributed by atoms with Crippen molar-refractivity contribution in [2.75, 3.05) is 43.5 Å². The molecule has 0 radical (unpaired) electrons. The van der Waals surface area contributed by atoms with E-state index < -0.39 is 0 Å². The average Bonchev–Trinajstić information content (AvgIpc) is 2.83. The van der Waals surface area contributed by atoms with Crippen LogP contribution in [0.25, 0.3) is 21.7 Å². The van der Waals surface area contributed by atoms with Crippen LogP contribution in [-0.4, -0.2) is 49.2 Å². The highest BCUT2D eigenvalue weighted by Crippen LogP contribution is 2.29. The van der Waals surface area contributed by atoms with Gasteiger partial charge in [-0.25, -0.2) is 9.78 Å². The van der Waals surface area contributed by atoms with Crippen LogP contribution in [0.1, 0.15) is 0 Å². The molecule has 0 spiro atoms. The predicted octanol–water partition coefficient (Wildman–Crippen LogP) is 4.75. The van der Waals surface area contributed by atoms with E-state index in [0.717, 1.165) is 24.0 Å². The number of para-hydroxylation sites is 1. The molecule has 1 N–H and O–H groups in total. The molecule has 1 saturated heterocycles. The van der Waals surface area contributed by atoms with Gasteiger partial charge in [-0.2, -0.15) is 0 Å². The number of urea groups is 1. The summed E-state index contributed by atoms with van der Waals surface area (Å²) < 4.78 is 5.40. The number of benzene rings is 3. The Hall–Kier alpha value is -3.80. The highest BCUT2D eigenvalue weighted by atomic mass is 16.5. The first kappa shape index (κ1) is 19.2. The number of rotatable bonds is 3. The summed E-state index contributed by atoms with van der Waals surface area (Å²) in [4.78, 5) is 21.6. The molecule has 1 fully saturated rings. The van der Waals surface area contributed by atoms with E-state index in [1.165, 1.54) is 16.5 Å². The van der Waals surface area contributed by atoms with Gasteiger partial charge >= 0.3 is 6.03 Å². The van der Waals surface area contributed by atoms with E-state index in [2.05, 4.69) is 57.7 Å². The summed E-state index contributed by atoms with van der Waals surface area (Å²) in [5, 5.41) is 6.42. The lowest BCUT2D eigenvalue weighted by molar-refractivity contribution is 0.208. The van der Waals surface area contributed by atoms with Crippen LogP contribution in [0.15, 0.2) is 72.8 Å². The summed E-state index contributed by atoms with van der Waals surface area (Å²) in [6, 6.07) is 24.4. The number of ether oxygens (including phenoxy) is 1. The topological polar surface area (TPSA) is 57.7 Å². The van der Waals surface area contributed by atoms with Gasteiger partial charge in [0, 0.05) is 42.6 Å². The maximum absolute atomic E-state index is 12.9. The first-order chi connectivity index (χ1) is 15.2. The highest BCUT2D eigenvalue weighted by Gasteiger charge is 2.23. The summed E-state index contributed by atoms with van der Waals surface area (Å²) in [6.07, 6.45) is 0. The van der Waals surface area contributed by atoms with E-state index in [1.54, 1.807) is 7.11 Å². The first-order valence-corrected chi connectivity index (χ1v) is 10.5. The summed E-state index contributed by atoms with van der Waals surface area (Å²) >= 11 is 0. The SMILES string of the molecule is COc1nc2ccccc2cc1NC(=O)N1CCN(c2cccc3ccccc23)CC1. The molecule has 31 heavy (non-hydrogen) atoms. The molecule has 5 rings (SSSR count). The number of pyridine rings is 1. The highest BCUT2D eigenvalue weighted by molar-refractivity contribution is 5.95. The van der Waals surface area contributed by atoms with Crippen molar-refractivity contribution in [2.45, 2.75) is 0 Å². The van der Waals surface area contributed by atoms with E-state index >= 15 is 0 Å². The van der Waals surface area contributed by atoms with Crippen LogP contribution in [0.4, 0.5) is 16.2 Å². The Balaban J connectivity index is 1.30. The van der Waals surface area contributed by atoms with Gasteiger partial charge in [-0.1, -0.05) is 54.6 Å². The number of carbonyl (C=O) groups excluding carboxylic acids is 1. The van der Waals surface area contributed by atoms with Gasteiger partial charge in [-0.05, 0) is 23.6 Å². The molecule has 1 aromatic heterocycles. The van der Waals surface area contributed by atoms with Gasteiger partial charge in [0.2, 0.25) is 5.88 Å². The lowest BCUT2D eigenvalue weighted by Gasteiger charge is -2.36. The van der Waals surface area contributed by atoms with Gasteiger partial charge in [-0.3, -0.25) is 0 Å². The lowest BCUT2D eigenvalue weighted by Crippen LogP contribution is -2.50. The van der Waals surface area contributed by atoms with Gasteiger partial charge in [0.25, 0.3) is 0 Å². The Bertz CT molecular complexity index is 1240. The minimum atomic E-state index is -0.132. The number of nitrogens with zero attached hydrogens (tertiary/aromatic N) is 3. The van der Waals surface area contributed by atoms with Gasteiger partial charge < -0.3 is 19.9 Å². The zero-order valence-corrected chi connectivity index (χ0v) is 17.4. The number of hydrogen-bond donors (Lipinski definition) is 1. The second kappa shape index (κ2) is 8.14. The molecule has 4 aromatic rings. The normalized spacial score (nSPS) is 14.1. The van der Waals surface area contributed by atoms with Crippen LogP contribution >= 0.6 is 0 Å². The second-order valence-electron chi connectivity index (χ2n) is 7.64. The zero-order chi connectivity index (χ0) is 21.2. The minimum absolute atomic E-state index is 0.132. The number of piperazine rings is 1. The van der Waals surface area contributed by atoms with Gasteiger partial charge in [-0.15, -0.1) is 0 Å². The maximum atomic E-state index is 12.9. The molecule has 6 nitrogen and oxygen atoms in total. The molecule has 0 atom stereocenters. The summed E-state index contributed by atoms with van der Waals surface area (Å²) in [5.41, 5.74) is 2.64. The molecule has 0 aliphatic carbocycles. The van der Waals surface area contributed by atoms with Crippen molar-refractivity contribution in [1.82, 2.24) is 9.88 Å². The Kier molecular flexibility index (Phi) is 5.04. The van der Waals surface area contributed by atoms with Crippen LogP contribution in [0.3, 0.4) is 0 Å². The summed E-state index contributed by atoms with van der Waals surface area (Å²) in [7, 11) is 1.57. The third-order valence-electron chi connectivity index (χ3n) is 5.80. The van der Waals surface area contributed by atoms with Crippen molar-refractivity contribution in [3.63, 3.8) is 0 Å². The molecule has 0 saturated carbocycles. The van der Waals surface area contributed by atoms with Gasteiger partial charge in [0.05, 0.1) is 12.6 Å². The van der Waals surface area contributed by atoms with Crippen molar-refractivity contribution < 1.29 is 9.53 Å². The molecule has 1 aliphatic heterocycles. The van der Waals surface area contributed by atoms with Crippen LogP contribution in [0, 0.1) is 0 Å². The number of fused-ring (bicyclic) bond motifs is 2. The van der Waals surface area contributed by atoms with Crippen LogP contribution in [-0.2, 0) is 0 Å². The number of aromatic nitrogens is 1. The van der Waals surface area contributed by atoms with E-state index in [1.807, 2.05) is 35.2 Å². The fourth-order valence-corrected chi connectivity index (χ4v) is 4.17. The molecular weight excluding hydrogens is 388 g/mol. The van der Waals surface area contributed by atoms with Crippen LogP contribution in [0.2, 0.25) is 0 Å². The van der Waals surface area contributed by atoms with E-state index in [-0.39, 0.29) is 6.03 Å². The molecule has 1 aliphatic rings. The molecule has 6 heteroatoms.